The molecule has 96 valence electrons. The molecule has 0 spiro atoms. The highest BCUT2D eigenvalue weighted by atomic mass is 16.5. The number of nitrogens with one attached hydrogen (secondary N) is 3. The SMILES string of the molecule is Nc1nc2nc(CC3COCCN3)[nH]c2c(=O)[nH]1. The minimum Gasteiger partial charge on any atom is -0.379 e. The number of aromatic nitrogens is 4. The van der Waals surface area contributed by atoms with Crippen LogP contribution in [-0.2, 0) is 11.2 Å². The van der Waals surface area contributed by atoms with Gasteiger partial charge in [-0.2, -0.15) is 4.98 Å². The van der Waals surface area contributed by atoms with Gasteiger partial charge in [0.05, 0.1) is 13.2 Å². The number of morpholine rings is 1. The monoisotopic (exact) mass is 250 g/mol. The number of rotatable bonds is 2. The molecule has 3 rings (SSSR count). The van der Waals surface area contributed by atoms with Crippen molar-refractivity contribution in [3.05, 3.63) is 16.2 Å². The van der Waals surface area contributed by atoms with E-state index in [9.17, 15) is 4.79 Å². The molecule has 0 aromatic carbocycles. The van der Waals surface area contributed by atoms with Crippen LogP contribution in [0.1, 0.15) is 5.82 Å². The summed E-state index contributed by atoms with van der Waals surface area (Å²) in [6.45, 7) is 2.20. The quantitative estimate of drug-likeness (QED) is 0.529. The van der Waals surface area contributed by atoms with Gasteiger partial charge in [0.15, 0.2) is 11.2 Å². The number of hydrogen-bond donors (Lipinski definition) is 4. The van der Waals surface area contributed by atoms with Crippen LogP contribution in [0.15, 0.2) is 4.79 Å². The van der Waals surface area contributed by atoms with E-state index in [1.54, 1.807) is 0 Å². The third-order valence-corrected chi connectivity index (χ3v) is 2.87. The molecule has 0 saturated carbocycles. The van der Waals surface area contributed by atoms with Crippen molar-refractivity contribution in [3.8, 4) is 0 Å². The predicted octanol–water partition coefficient (Wildman–Crippen LogP) is -1.24. The zero-order chi connectivity index (χ0) is 12.5. The normalized spacial score (nSPS) is 20.3. The van der Waals surface area contributed by atoms with Crippen LogP contribution in [0, 0.1) is 0 Å². The predicted molar refractivity (Wildman–Crippen MR) is 65.2 cm³/mol. The lowest BCUT2D eigenvalue weighted by Gasteiger charge is -2.22. The maximum absolute atomic E-state index is 11.6. The number of nitrogens with two attached hydrogens (primary N) is 1. The highest BCUT2D eigenvalue weighted by Gasteiger charge is 2.16. The van der Waals surface area contributed by atoms with Crippen molar-refractivity contribution in [2.75, 3.05) is 25.5 Å². The van der Waals surface area contributed by atoms with Gasteiger partial charge in [0, 0.05) is 19.0 Å². The number of aromatic amines is 2. The van der Waals surface area contributed by atoms with Crippen molar-refractivity contribution in [3.63, 3.8) is 0 Å². The Morgan fingerprint density at radius 2 is 2.28 bits per heavy atom. The first-order chi connectivity index (χ1) is 8.72. The molecule has 18 heavy (non-hydrogen) atoms. The molecule has 1 atom stereocenters. The van der Waals surface area contributed by atoms with Gasteiger partial charge in [-0.15, -0.1) is 0 Å². The summed E-state index contributed by atoms with van der Waals surface area (Å²) < 4.78 is 5.36. The Morgan fingerprint density at radius 3 is 3.06 bits per heavy atom. The number of nitrogens with zero attached hydrogens (tertiary/aromatic N) is 2. The standard InChI is InChI=1S/C10H14N6O2/c11-10-15-8-7(9(17)16-10)13-6(14-8)3-5-4-18-2-1-12-5/h5,12H,1-4H2,(H4,11,13,14,15,16,17). The third kappa shape index (κ3) is 2.07. The first-order valence-electron chi connectivity index (χ1n) is 5.78. The molecule has 0 amide bonds. The fraction of sp³-hybridized carbons (Fsp3) is 0.500. The minimum atomic E-state index is -0.302. The van der Waals surface area contributed by atoms with E-state index in [1.165, 1.54) is 0 Å². The number of fused-ring (bicyclic) bond motifs is 1. The number of anilines is 1. The molecule has 1 saturated heterocycles. The lowest BCUT2D eigenvalue weighted by atomic mass is 10.2. The molecule has 8 heteroatoms. The van der Waals surface area contributed by atoms with Crippen LogP contribution in [0.2, 0.25) is 0 Å². The van der Waals surface area contributed by atoms with Gasteiger partial charge in [-0.3, -0.25) is 9.78 Å². The fourth-order valence-corrected chi connectivity index (χ4v) is 2.05. The lowest BCUT2D eigenvalue weighted by Crippen LogP contribution is -2.42. The summed E-state index contributed by atoms with van der Waals surface area (Å²) in [6, 6.07) is 0.204. The van der Waals surface area contributed by atoms with Crippen LogP contribution < -0.4 is 16.6 Å². The van der Waals surface area contributed by atoms with Crippen LogP contribution in [0.25, 0.3) is 11.2 Å². The molecule has 1 aliphatic rings. The Labute approximate surface area is 102 Å². The average Bonchev–Trinajstić information content (AvgIpc) is 2.73. The Kier molecular flexibility index (Phi) is 2.73. The van der Waals surface area contributed by atoms with E-state index in [0.717, 1.165) is 13.2 Å². The van der Waals surface area contributed by atoms with Crippen LogP contribution in [0.5, 0.6) is 0 Å². The number of H-pyrrole nitrogens is 2. The van der Waals surface area contributed by atoms with E-state index < -0.39 is 0 Å². The second-order valence-electron chi connectivity index (χ2n) is 4.26. The molecule has 5 N–H and O–H groups in total. The lowest BCUT2D eigenvalue weighted by molar-refractivity contribution is 0.0765. The number of hydrogen-bond acceptors (Lipinski definition) is 6. The molecule has 1 fully saturated rings. The highest BCUT2D eigenvalue weighted by molar-refractivity contribution is 5.70. The van der Waals surface area contributed by atoms with Gasteiger partial charge in [-0.05, 0) is 0 Å². The molecular formula is C10H14N6O2. The van der Waals surface area contributed by atoms with Gasteiger partial charge in [-0.1, -0.05) is 0 Å². The highest BCUT2D eigenvalue weighted by Crippen LogP contribution is 2.08. The average molecular weight is 250 g/mol. The van der Waals surface area contributed by atoms with Crippen molar-refractivity contribution in [2.45, 2.75) is 12.5 Å². The van der Waals surface area contributed by atoms with Crippen LogP contribution in [0.4, 0.5) is 5.95 Å². The van der Waals surface area contributed by atoms with Gasteiger partial charge in [0.2, 0.25) is 5.95 Å². The van der Waals surface area contributed by atoms with E-state index in [2.05, 4.69) is 25.3 Å². The van der Waals surface area contributed by atoms with Crippen molar-refractivity contribution in [1.82, 2.24) is 25.3 Å². The van der Waals surface area contributed by atoms with E-state index in [4.69, 9.17) is 10.5 Å². The van der Waals surface area contributed by atoms with Gasteiger partial charge >= 0.3 is 0 Å². The van der Waals surface area contributed by atoms with Gasteiger partial charge in [0.1, 0.15) is 5.82 Å². The first kappa shape index (κ1) is 11.2. The van der Waals surface area contributed by atoms with Gasteiger partial charge in [-0.25, -0.2) is 4.98 Å². The van der Waals surface area contributed by atoms with E-state index in [-0.39, 0.29) is 17.5 Å². The molecule has 0 radical (unpaired) electrons. The zero-order valence-electron chi connectivity index (χ0n) is 9.69. The smallest absolute Gasteiger partial charge is 0.278 e. The summed E-state index contributed by atoms with van der Waals surface area (Å²) in [7, 11) is 0. The molecule has 3 heterocycles. The van der Waals surface area contributed by atoms with E-state index in [1.807, 2.05) is 0 Å². The molecule has 8 nitrogen and oxygen atoms in total. The maximum Gasteiger partial charge on any atom is 0.278 e. The Morgan fingerprint density at radius 1 is 1.39 bits per heavy atom. The molecule has 0 aliphatic carbocycles. The van der Waals surface area contributed by atoms with Crippen LogP contribution in [0.3, 0.4) is 0 Å². The Bertz CT molecular complexity index is 612. The van der Waals surface area contributed by atoms with Crippen molar-refractivity contribution >= 4 is 17.1 Å². The number of imidazole rings is 1. The molecule has 0 bridgehead atoms. The number of ether oxygens (including phenoxy) is 1. The van der Waals surface area contributed by atoms with Crippen LogP contribution >= 0.6 is 0 Å². The number of nitrogen functional groups attached to an aromatic ring is 1. The van der Waals surface area contributed by atoms with Crippen molar-refractivity contribution in [1.29, 1.82) is 0 Å². The molecular weight excluding hydrogens is 236 g/mol. The summed E-state index contributed by atoms with van der Waals surface area (Å²) >= 11 is 0. The molecule has 2 aromatic rings. The van der Waals surface area contributed by atoms with Crippen LogP contribution in [-0.4, -0.2) is 45.7 Å². The topological polar surface area (TPSA) is 122 Å². The van der Waals surface area contributed by atoms with Gasteiger partial charge < -0.3 is 20.8 Å². The third-order valence-electron chi connectivity index (χ3n) is 2.87. The molecule has 2 aromatic heterocycles. The van der Waals surface area contributed by atoms with Gasteiger partial charge in [0.25, 0.3) is 5.56 Å². The Hall–Kier alpha value is -1.93. The van der Waals surface area contributed by atoms with E-state index >= 15 is 0 Å². The minimum absolute atomic E-state index is 0.0738. The summed E-state index contributed by atoms with van der Waals surface area (Å²) in [5.74, 6) is 0.779. The molecule has 1 aliphatic heterocycles. The summed E-state index contributed by atoms with van der Waals surface area (Å²) in [5, 5.41) is 3.32. The zero-order valence-corrected chi connectivity index (χ0v) is 9.69. The maximum atomic E-state index is 11.6. The van der Waals surface area contributed by atoms with Crippen molar-refractivity contribution < 1.29 is 4.74 Å². The van der Waals surface area contributed by atoms with E-state index in [0.29, 0.717) is 30.0 Å². The first-order valence-corrected chi connectivity index (χ1v) is 5.78. The summed E-state index contributed by atoms with van der Waals surface area (Å²) in [5.41, 5.74) is 5.87. The second kappa shape index (κ2) is 4.39. The Balaban J connectivity index is 1.88. The summed E-state index contributed by atoms with van der Waals surface area (Å²) in [6.07, 6.45) is 0.662. The van der Waals surface area contributed by atoms with Crippen molar-refractivity contribution in [2.24, 2.45) is 0 Å². The summed E-state index contributed by atoms with van der Waals surface area (Å²) in [4.78, 5) is 25.3. The second-order valence-corrected chi connectivity index (χ2v) is 4.26. The molecule has 1 unspecified atom stereocenters. The largest absolute Gasteiger partial charge is 0.379 e. The fourth-order valence-electron chi connectivity index (χ4n) is 2.05.